The first kappa shape index (κ1) is 22.0. The second kappa shape index (κ2) is 14.2. The van der Waals surface area contributed by atoms with Gasteiger partial charge < -0.3 is 9.47 Å². The van der Waals surface area contributed by atoms with Crippen LogP contribution in [-0.2, 0) is 4.79 Å². The van der Waals surface area contributed by atoms with E-state index in [4.69, 9.17) is 9.47 Å². The van der Waals surface area contributed by atoms with Crippen LogP contribution in [0, 0.1) is 0 Å². The molecule has 0 aliphatic heterocycles. The smallest absolute Gasteiger partial charge is 0.240 e. The summed E-state index contributed by atoms with van der Waals surface area (Å²) in [7, 11) is 3.18. The Kier molecular flexibility index (Phi) is 12.0. The highest BCUT2D eigenvalue weighted by atomic mass is 16.5. The normalized spacial score (nSPS) is 10.9. The summed E-state index contributed by atoms with van der Waals surface area (Å²) in [5.74, 6) is 1.26. The number of hydrazone groups is 1. The number of unbranched alkanes of at least 4 members (excludes halogenated alkanes) is 8. The Morgan fingerprint density at radius 3 is 2.19 bits per heavy atom. The minimum absolute atomic E-state index is 0.0373. The summed E-state index contributed by atoms with van der Waals surface area (Å²) in [6, 6.07) is 5.48. The number of hydrogen-bond donors (Lipinski definition) is 1. The summed E-state index contributed by atoms with van der Waals surface area (Å²) in [6.07, 6.45) is 13.3. The fourth-order valence-electron chi connectivity index (χ4n) is 2.76. The number of ether oxygens (including phenoxy) is 2. The van der Waals surface area contributed by atoms with Gasteiger partial charge in [0.15, 0.2) is 11.5 Å². The fraction of sp³-hybridized carbons (Fsp3) is 0.619. The summed E-state index contributed by atoms with van der Waals surface area (Å²) in [5, 5.41) is 4.01. The van der Waals surface area contributed by atoms with Gasteiger partial charge in [-0.2, -0.15) is 5.10 Å². The van der Waals surface area contributed by atoms with Gasteiger partial charge in [-0.15, -0.1) is 0 Å². The van der Waals surface area contributed by atoms with E-state index in [1.54, 1.807) is 20.4 Å². The standard InChI is InChI=1S/C21H34N2O3/c1-4-5-6-7-8-9-10-11-12-13-21(24)23-22-17-18-14-15-19(25-2)20(16-18)26-3/h14-17H,4-13H2,1-3H3,(H,23,24)/b22-17+. The molecule has 0 aliphatic carbocycles. The molecule has 5 heteroatoms. The van der Waals surface area contributed by atoms with Gasteiger partial charge in [-0.05, 0) is 30.2 Å². The molecule has 0 bridgehead atoms. The highest BCUT2D eigenvalue weighted by Gasteiger charge is 2.03. The number of amides is 1. The summed E-state index contributed by atoms with van der Waals surface area (Å²) in [6.45, 7) is 2.24. The van der Waals surface area contributed by atoms with E-state index < -0.39 is 0 Å². The maximum Gasteiger partial charge on any atom is 0.240 e. The molecule has 5 nitrogen and oxygen atoms in total. The molecule has 0 atom stereocenters. The summed E-state index contributed by atoms with van der Waals surface area (Å²) >= 11 is 0. The van der Waals surface area contributed by atoms with Gasteiger partial charge in [-0.25, -0.2) is 5.43 Å². The zero-order valence-corrected chi connectivity index (χ0v) is 16.6. The monoisotopic (exact) mass is 362 g/mol. The molecular weight excluding hydrogens is 328 g/mol. The van der Waals surface area contributed by atoms with Crippen LogP contribution in [0.2, 0.25) is 0 Å². The number of nitrogens with one attached hydrogen (secondary N) is 1. The first-order chi connectivity index (χ1) is 12.7. The number of nitrogens with zero attached hydrogens (tertiary/aromatic N) is 1. The Bertz CT molecular complexity index is 544. The predicted octanol–water partition coefficient (Wildman–Crippen LogP) is 5.07. The van der Waals surface area contributed by atoms with Gasteiger partial charge in [-0.1, -0.05) is 58.3 Å². The van der Waals surface area contributed by atoms with E-state index in [1.807, 2.05) is 18.2 Å². The van der Waals surface area contributed by atoms with E-state index >= 15 is 0 Å². The molecule has 0 saturated carbocycles. The fourth-order valence-corrected chi connectivity index (χ4v) is 2.76. The second-order valence-corrected chi connectivity index (χ2v) is 6.49. The lowest BCUT2D eigenvalue weighted by Gasteiger charge is -2.07. The van der Waals surface area contributed by atoms with Crippen molar-refractivity contribution in [3.63, 3.8) is 0 Å². The van der Waals surface area contributed by atoms with Gasteiger partial charge in [-0.3, -0.25) is 4.79 Å². The highest BCUT2D eigenvalue weighted by Crippen LogP contribution is 2.26. The molecule has 146 valence electrons. The van der Waals surface area contributed by atoms with Gasteiger partial charge in [0.1, 0.15) is 0 Å². The molecule has 0 fully saturated rings. The van der Waals surface area contributed by atoms with Crippen molar-refractivity contribution in [2.24, 2.45) is 5.10 Å². The quantitative estimate of drug-likeness (QED) is 0.285. The van der Waals surface area contributed by atoms with Crippen molar-refractivity contribution < 1.29 is 14.3 Å². The van der Waals surface area contributed by atoms with E-state index in [1.165, 1.54) is 44.9 Å². The minimum Gasteiger partial charge on any atom is -0.493 e. The summed E-state index contributed by atoms with van der Waals surface area (Å²) in [4.78, 5) is 11.8. The van der Waals surface area contributed by atoms with Crippen LogP contribution in [0.25, 0.3) is 0 Å². The Labute approximate surface area is 158 Å². The van der Waals surface area contributed by atoms with E-state index in [0.29, 0.717) is 17.9 Å². The first-order valence-corrected chi connectivity index (χ1v) is 9.75. The van der Waals surface area contributed by atoms with Crippen LogP contribution < -0.4 is 14.9 Å². The van der Waals surface area contributed by atoms with Crippen molar-refractivity contribution in [2.75, 3.05) is 14.2 Å². The van der Waals surface area contributed by atoms with Gasteiger partial charge in [0, 0.05) is 6.42 Å². The molecule has 1 N–H and O–H groups in total. The second-order valence-electron chi connectivity index (χ2n) is 6.49. The average molecular weight is 363 g/mol. The van der Waals surface area contributed by atoms with Crippen LogP contribution in [-0.4, -0.2) is 26.3 Å². The van der Waals surface area contributed by atoms with Crippen molar-refractivity contribution in [3.05, 3.63) is 23.8 Å². The third-order valence-electron chi connectivity index (χ3n) is 4.32. The Balaban J connectivity index is 2.15. The predicted molar refractivity (Wildman–Crippen MR) is 107 cm³/mol. The molecule has 1 amide bonds. The van der Waals surface area contributed by atoms with E-state index in [0.717, 1.165) is 18.4 Å². The minimum atomic E-state index is -0.0373. The Hall–Kier alpha value is -2.04. The third-order valence-corrected chi connectivity index (χ3v) is 4.32. The van der Waals surface area contributed by atoms with Gasteiger partial charge >= 0.3 is 0 Å². The van der Waals surface area contributed by atoms with Crippen molar-refractivity contribution in [3.8, 4) is 11.5 Å². The lowest BCUT2D eigenvalue weighted by molar-refractivity contribution is -0.121. The molecule has 1 rings (SSSR count). The van der Waals surface area contributed by atoms with E-state index in [9.17, 15) is 4.79 Å². The molecule has 0 aromatic heterocycles. The molecule has 0 spiro atoms. The molecule has 0 saturated heterocycles. The Morgan fingerprint density at radius 1 is 0.962 bits per heavy atom. The first-order valence-electron chi connectivity index (χ1n) is 9.75. The average Bonchev–Trinajstić information content (AvgIpc) is 2.66. The zero-order chi connectivity index (χ0) is 19.0. The van der Waals surface area contributed by atoms with Crippen LogP contribution in [0.15, 0.2) is 23.3 Å². The lowest BCUT2D eigenvalue weighted by Crippen LogP contribution is -2.16. The molecule has 0 unspecified atom stereocenters. The van der Waals surface area contributed by atoms with Gasteiger partial charge in [0.25, 0.3) is 0 Å². The number of rotatable bonds is 14. The van der Waals surface area contributed by atoms with Crippen LogP contribution in [0.3, 0.4) is 0 Å². The topological polar surface area (TPSA) is 59.9 Å². The van der Waals surface area contributed by atoms with E-state index in [2.05, 4.69) is 17.5 Å². The summed E-state index contributed by atoms with van der Waals surface area (Å²) < 4.78 is 10.4. The maximum absolute atomic E-state index is 11.8. The highest BCUT2D eigenvalue weighted by molar-refractivity contribution is 5.83. The van der Waals surface area contributed by atoms with Crippen LogP contribution in [0.4, 0.5) is 0 Å². The van der Waals surface area contributed by atoms with Crippen LogP contribution in [0.5, 0.6) is 11.5 Å². The molecule has 1 aromatic rings. The molecule has 1 aromatic carbocycles. The summed E-state index contributed by atoms with van der Waals surface area (Å²) in [5.41, 5.74) is 3.42. The molecule has 0 aliphatic rings. The SMILES string of the molecule is CCCCCCCCCCCC(=O)N/N=C/c1ccc(OC)c(OC)c1. The number of benzene rings is 1. The molecule has 26 heavy (non-hydrogen) atoms. The van der Waals surface area contributed by atoms with E-state index in [-0.39, 0.29) is 5.91 Å². The van der Waals surface area contributed by atoms with Crippen LogP contribution in [0.1, 0.15) is 76.7 Å². The van der Waals surface area contributed by atoms with Crippen molar-refractivity contribution in [2.45, 2.75) is 71.1 Å². The number of hydrogen-bond acceptors (Lipinski definition) is 4. The molecule has 0 radical (unpaired) electrons. The number of carbonyl (C=O) groups is 1. The molecule has 0 heterocycles. The third kappa shape index (κ3) is 9.44. The lowest BCUT2D eigenvalue weighted by atomic mass is 10.1. The maximum atomic E-state index is 11.8. The Morgan fingerprint density at radius 2 is 1.58 bits per heavy atom. The zero-order valence-electron chi connectivity index (χ0n) is 16.6. The van der Waals surface area contributed by atoms with Crippen molar-refractivity contribution >= 4 is 12.1 Å². The van der Waals surface area contributed by atoms with Gasteiger partial charge in [0.2, 0.25) is 5.91 Å². The molecular formula is C21H34N2O3. The number of carbonyl (C=O) groups excluding carboxylic acids is 1. The van der Waals surface area contributed by atoms with Crippen molar-refractivity contribution in [1.82, 2.24) is 5.43 Å². The van der Waals surface area contributed by atoms with Gasteiger partial charge in [0.05, 0.1) is 20.4 Å². The largest absolute Gasteiger partial charge is 0.493 e. The van der Waals surface area contributed by atoms with Crippen LogP contribution >= 0.6 is 0 Å². The van der Waals surface area contributed by atoms with Crippen molar-refractivity contribution in [1.29, 1.82) is 0 Å². The number of methoxy groups -OCH3 is 2.